The molecule has 0 spiro atoms. The zero-order chi connectivity index (χ0) is 21.8. The smallest absolute Gasteiger partial charge is 0.410 e. The summed E-state index contributed by atoms with van der Waals surface area (Å²) in [6, 6.07) is 19.5. The Labute approximate surface area is 179 Å². The van der Waals surface area contributed by atoms with Gasteiger partial charge in [0.05, 0.1) is 6.42 Å². The van der Waals surface area contributed by atoms with Gasteiger partial charge in [-0.2, -0.15) is 0 Å². The maximum atomic E-state index is 14.7. The van der Waals surface area contributed by atoms with Gasteiger partial charge in [-0.05, 0) is 46.4 Å². The molecular weight excluding hydrogens is 397 g/mol. The summed E-state index contributed by atoms with van der Waals surface area (Å²) in [6.45, 7) is 1.02. The predicted molar refractivity (Wildman–Crippen MR) is 114 cm³/mol. The standard InChI is InChI=1S/C25H22FNO4/c26-23-10-9-18(14-24(28)29)13-21(23)20-8-4-7-19-11-12-27(15-22(19)20)25(30)31-16-17-5-2-1-3-6-17/h1-10,13H,11-12,14-16H2,(H,28,29). The van der Waals surface area contributed by atoms with Crippen molar-refractivity contribution < 1.29 is 23.8 Å². The van der Waals surface area contributed by atoms with E-state index in [-0.39, 0.29) is 13.0 Å². The molecule has 0 unspecified atom stereocenters. The van der Waals surface area contributed by atoms with Gasteiger partial charge in [0.15, 0.2) is 0 Å². The fourth-order valence-electron chi connectivity index (χ4n) is 3.86. The molecule has 3 aromatic rings. The Kier molecular flexibility index (Phi) is 5.98. The molecule has 0 saturated heterocycles. The van der Waals surface area contributed by atoms with Crippen LogP contribution in [0.3, 0.4) is 0 Å². The summed E-state index contributed by atoms with van der Waals surface area (Å²) in [7, 11) is 0. The Morgan fingerprint density at radius 2 is 1.77 bits per heavy atom. The molecule has 0 aromatic heterocycles. The van der Waals surface area contributed by atoms with E-state index in [0.29, 0.717) is 36.2 Å². The molecule has 4 rings (SSSR count). The van der Waals surface area contributed by atoms with E-state index in [0.717, 1.165) is 16.7 Å². The molecule has 1 N–H and O–H groups in total. The molecule has 1 aliphatic rings. The quantitative estimate of drug-likeness (QED) is 0.644. The van der Waals surface area contributed by atoms with Crippen molar-refractivity contribution in [1.82, 2.24) is 4.90 Å². The van der Waals surface area contributed by atoms with Gasteiger partial charge < -0.3 is 14.7 Å². The van der Waals surface area contributed by atoms with E-state index in [2.05, 4.69) is 0 Å². The normalized spacial score (nSPS) is 12.9. The van der Waals surface area contributed by atoms with Crippen molar-refractivity contribution in [2.75, 3.05) is 6.54 Å². The highest BCUT2D eigenvalue weighted by molar-refractivity contribution is 5.75. The Hall–Kier alpha value is -3.67. The molecule has 6 heteroatoms. The molecule has 5 nitrogen and oxygen atoms in total. The van der Waals surface area contributed by atoms with Crippen molar-refractivity contribution in [1.29, 1.82) is 0 Å². The maximum absolute atomic E-state index is 14.7. The van der Waals surface area contributed by atoms with E-state index in [1.165, 1.54) is 12.1 Å². The predicted octanol–water partition coefficient (Wildman–Crippen LogP) is 4.81. The van der Waals surface area contributed by atoms with E-state index in [1.54, 1.807) is 17.0 Å². The summed E-state index contributed by atoms with van der Waals surface area (Å²) < 4.78 is 20.1. The van der Waals surface area contributed by atoms with Gasteiger partial charge >= 0.3 is 12.1 Å². The molecule has 3 aromatic carbocycles. The van der Waals surface area contributed by atoms with Crippen LogP contribution in [0, 0.1) is 5.82 Å². The number of hydrogen-bond donors (Lipinski definition) is 1. The minimum atomic E-state index is -0.972. The zero-order valence-electron chi connectivity index (χ0n) is 16.9. The van der Waals surface area contributed by atoms with Gasteiger partial charge in [-0.1, -0.05) is 54.6 Å². The lowest BCUT2D eigenvalue weighted by atomic mass is 9.90. The van der Waals surface area contributed by atoms with Crippen LogP contribution in [0.5, 0.6) is 0 Å². The Bertz CT molecular complexity index is 1110. The second-order valence-electron chi connectivity index (χ2n) is 7.54. The van der Waals surface area contributed by atoms with Crippen LogP contribution in [0.15, 0.2) is 66.7 Å². The number of carbonyl (C=O) groups excluding carboxylic acids is 1. The van der Waals surface area contributed by atoms with Crippen LogP contribution in [0.1, 0.15) is 22.3 Å². The van der Waals surface area contributed by atoms with Crippen molar-refractivity contribution >= 4 is 12.1 Å². The third kappa shape index (κ3) is 4.74. The Morgan fingerprint density at radius 3 is 2.55 bits per heavy atom. The molecule has 0 saturated carbocycles. The minimum Gasteiger partial charge on any atom is -0.481 e. The first-order valence-electron chi connectivity index (χ1n) is 10.1. The van der Waals surface area contributed by atoms with E-state index < -0.39 is 17.9 Å². The Morgan fingerprint density at radius 1 is 0.968 bits per heavy atom. The average molecular weight is 419 g/mol. The summed E-state index contributed by atoms with van der Waals surface area (Å²) >= 11 is 0. The SMILES string of the molecule is O=C(O)Cc1ccc(F)c(-c2cccc3c2CN(C(=O)OCc2ccccc2)CC3)c1. The zero-order valence-corrected chi connectivity index (χ0v) is 16.9. The first-order valence-corrected chi connectivity index (χ1v) is 10.1. The van der Waals surface area contributed by atoms with Gasteiger partial charge in [-0.25, -0.2) is 9.18 Å². The molecule has 1 aliphatic heterocycles. The number of halogens is 1. The van der Waals surface area contributed by atoms with Crippen LogP contribution >= 0.6 is 0 Å². The van der Waals surface area contributed by atoms with E-state index in [9.17, 15) is 14.0 Å². The van der Waals surface area contributed by atoms with Crippen LogP contribution in [0.25, 0.3) is 11.1 Å². The molecule has 0 bridgehead atoms. The number of rotatable bonds is 5. The van der Waals surface area contributed by atoms with Gasteiger partial charge in [0.2, 0.25) is 0 Å². The molecule has 158 valence electrons. The van der Waals surface area contributed by atoms with Gasteiger partial charge in [0.25, 0.3) is 0 Å². The first-order chi connectivity index (χ1) is 15.0. The first kappa shape index (κ1) is 20.6. The largest absolute Gasteiger partial charge is 0.481 e. The van der Waals surface area contributed by atoms with Crippen molar-refractivity contribution in [3.8, 4) is 11.1 Å². The molecule has 0 fully saturated rings. The third-order valence-electron chi connectivity index (χ3n) is 5.41. The average Bonchev–Trinajstić information content (AvgIpc) is 2.78. The number of fused-ring (bicyclic) bond motifs is 1. The van der Waals surface area contributed by atoms with Gasteiger partial charge in [0.1, 0.15) is 12.4 Å². The van der Waals surface area contributed by atoms with Crippen molar-refractivity contribution in [3.05, 3.63) is 94.8 Å². The van der Waals surface area contributed by atoms with Crippen LogP contribution in [0.4, 0.5) is 9.18 Å². The lowest BCUT2D eigenvalue weighted by Gasteiger charge is -2.30. The number of ether oxygens (including phenoxy) is 1. The van der Waals surface area contributed by atoms with Crippen LogP contribution in [-0.2, 0) is 35.5 Å². The highest BCUT2D eigenvalue weighted by atomic mass is 19.1. The summed E-state index contributed by atoms with van der Waals surface area (Å²) in [5, 5.41) is 9.07. The number of amides is 1. The number of hydrogen-bond acceptors (Lipinski definition) is 3. The highest BCUT2D eigenvalue weighted by Crippen LogP contribution is 2.33. The maximum Gasteiger partial charge on any atom is 0.410 e. The fraction of sp³-hybridized carbons (Fsp3) is 0.200. The molecule has 1 amide bonds. The molecular formula is C25H22FNO4. The number of carboxylic acid groups (broad SMARTS) is 1. The molecule has 31 heavy (non-hydrogen) atoms. The monoisotopic (exact) mass is 419 g/mol. The van der Waals surface area contributed by atoms with Crippen LogP contribution < -0.4 is 0 Å². The van der Waals surface area contributed by atoms with E-state index >= 15 is 0 Å². The van der Waals surface area contributed by atoms with Crippen molar-refractivity contribution in [3.63, 3.8) is 0 Å². The molecule has 0 atom stereocenters. The van der Waals surface area contributed by atoms with Crippen LogP contribution in [-0.4, -0.2) is 28.6 Å². The fourth-order valence-corrected chi connectivity index (χ4v) is 3.86. The summed E-state index contributed by atoms with van der Waals surface area (Å²) in [6.07, 6.45) is 0.0460. The number of carboxylic acids is 1. The second-order valence-corrected chi connectivity index (χ2v) is 7.54. The minimum absolute atomic E-state index is 0.180. The lowest BCUT2D eigenvalue weighted by molar-refractivity contribution is -0.136. The van der Waals surface area contributed by atoms with Gasteiger partial charge in [-0.15, -0.1) is 0 Å². The molecule has 1 heterocycles. The van der Waals surface area contributed by atoms with Crippen molar-refractivity contribution in [2.24, 2.45) is 0 Å². The summed E-state index contributed by atoms with van der Waals surface area (Å²) in [5.74, 6) is -1.40. The summed E-state index contributed by atoms with van der Waals surface area (Å²) in [4.78, 5) is 25.3. The number of benzene rings is 3. The number of carbonyl (C=O) groups is 2. The lowest BCUT2D eigenvalue weighted by Crippen LogP contribution is -2.36. The summed E-state index contributed by atoms with van der Waals surface area (Å²) in [5.41, 5.74) is 4.35. The molecule has 0 aliphatic carbocycles. The highest BCUT2D eigenvalue weighted by Gasteiger charge is 2.25. The third-order valence-corrected chi connectivity index (χ3v) is 5.41. The number of aliphatic carboxylic acids is 1. The van der Waals surface area contributed by atoms with Crippen molar-refractivity contribution in [2.45, 2.75) is 26.0 Å². The van der Waals surface area contributed by atoms with E-state index in [1.807, 2.05) is 42.5 Å². The second kappa shape index (κ2) is 9.00. The van der Waals surface area contributed by atoms with Gasteiger partial charge in [0, 0.05) is 18.7 Å². The van der Waals surface area contributed by atoms with Gasteiger partial charge in [-0.3, -0.25) is 4.79 Å². The Balaban J connectivity index is 1.57. The molecule has 0 radical (unpaired) electrons. The van der Waals surface area contributed by atoms with E-state index in [4.69, 9.17) is 9.84 Å². The topological polar surface area (TPSA) is 66.8 Å². The number of nitrogens with zero attached hydrogens (tertiary/aromatic N) is 1. The van der Waals surface area contributed by atoms with Crippen LogP contribution in [0.2, 0.25) is 0 Å².